The Morgan fingerprint density at radius 2 is 1.88 bits per heavy atom. The minimum Gasteiger partial charge on any atom is -0.493 e. The Bertz CT molecular complexity index is 1150. The summed E-state index contributed by atoms with van der Waals surface area (Å²) in [5, 5.41) is 21.3. The van der Waals surface area contributed by atoms with Crippen LogP contribution in [0.4, 0.5) is 5.13 Å². The summed E-state index contributed by atoms with van der Waals surface area (Å²) in [4.78, 5) is 12.5. The number of carbonyl (C=O) groups excluding carboxylic acids is 1. The molecule has 0 aliphatic heterocycles. The maximum atomic E-state index is 12.5. The van der Waals surface area contributed by atoms with Crippen molar-refractivity contribution in [2.24, 2.45) is 0 Å². The van der Waals surface area contributed by atoms with Gasteiger partial charge in [0, 0.05) is 5.92 Å². The highest BCUT2D eigenvalue weighted by molar-refractivity contribution is 7.15. The molecule has 164 valence electrons. The molecule has 1 unspecified atom stereocenters. The van der Waals surface area contributed by atoms with Crippen LogP contribution in [-0.4, -0.2) is 23.2 Å². The molecule has 1 amide bonds. The van der Waals surface area contributed by atoms with Crippen molar-refractivity contribution in [1.82, 2.24) is 10.2 Å². The number of aromatic nitrogens is 2. The Labute approximate surface area is 191 Å². The lowest BCUT2D eigenvalue weighted by molar-refractivity contribution is -0.112. The molecule has 1 aromatic heterocycles. The maximum absolute atomic E-state index is 12.5. The first-order valence-electron chi connectivity index (χ1n) is 10.1. The second kappa shape index (κ2) is 10.6. The Morgan fingerprint density at radius 1 is 1.12 bits per heavy atom. The summed E-state index contributed by atoms with van der Waals surface area (Å²) < 4.78 is 11.5. The van der Waals surface area contributed by atoms with E-state index in [-0.39, 0.29) is 17.6 Å². The van der Waals surface area contributed by atoms with E-state index in [1.54, 1.807) is 25.3 Å². The van der Waals surface area contributed by atoms with Gasteiger partial charge in [0.1, 0.15) is 22.8 Å². The van der Waals surface area contributed by atoms with E-state index in [2.05, 4.69) is 15.5 Å². The van der Waals surface area contributed by atoms with Gasteiger partial charge in [-0.15, -0.1) is 10.2 Å². The fraction of sp³-hybridized carbons (Fsp3) is 0.250. The van der Waals surface area contributed by atoms with Crippen LogP contribution in [0.3, 0.4) is 0 Å². The third kappa shape index (κ3) is 5.71. The summed E-state index contributed by atoms with van der Waals surface area (Å²) in [7, 11) is 1.54. The lowest BCUT2D eigenvalue weighted by Crippen LogP contribution is -2.13. The van der Waals surface area contributed by atoms with Gasteiger partial charge >= 0.3 is 0 Å². The Kier molecular flexibility index (Phi) is 7.58. The third-order valence-electron chi connectivity index (χ3n) is 4.59. The summed E-state index contributed by atoms with van der Waals surface area (Å²) in [6, 6.07) is 17.0. The highest BCUT2D eigenvalue weighted by Crippen LogP contribution is 2.32. The molecule has 1 atom stereocenters. The van der Waals surface area contributed by atoms with Gasteiger partial charge in [-0.1, -0.05) is 61.6 Å². The van der Waals surface area contributed by atoms with Crippen molar-refractivity contribution >= 4 is 28.5 Å². The summed E-state index contributed by atoms with van der Waals surface area (Å²) in [5.74, 6) is 0.738. The third-order valence-corrected chi connectivity index (χ3v) is 5.73. The van der Waals surface area contributed by atoms with Crippen molar-refractivity contribution in [3.63, 3.8) is 0 Å². The smallest absolute Gasteiger partial charge is 0.268 e. The number of amides is 1. The van der Waals surface area contributed by atoms with Crippen molar-refractivity contribution < 1.29 is 14.3 Å². The number of hydrogen-bond donors (Lipinski definition) is 1. The number of rotatable bonds is 8. The zero-order valence-corrected chi connectivity index (χ0v) is 19.1. The van der Waals surface area contributed by atoms with E-state index in [1.807, 2.05) is 57.2 Å². The molecule has 0 radical (unpaired) electrons. The summed E-state index contributed by atoms with van der Waals surface area (Å²) >= 11 is 1.29. The number of anilines is 1. The first kappa shape index (κ1) is 23.0. The van der Waals surface area contributed by atoms with E-state index in [1.165, 1.54) is 17.4 Å². The molecule has 7 nitrogen and oxygen atoms in total. The van der Waals surface area contributed by atoms with Crippen LogP contribution in [0.25, 0.3) is 6.08 Å². The number of nitrogens with one attached hydrogen (secondary N) is 1. The van der Waals surface area contributed by atoms with E-state index < -0.39 is 5.91 Å². The second-order valence-electron chi connectivity index (χ2n) is 7.31. The molecule has 1 heterocycles. The zero-order chi connectivity index (χ0) is 23.1. The highest BCUT2D eigenvalue weighted by Gasteiger charge is 2.15. The average molecular weight is 449 g/mol. The molecule has 0 fully saturated rings. The standard InChI is InChI=1S/C24H24N4O3S/c1-15(2)23-27-28-24(32-23)26-22(29)19(14-25)12-17-10-11-20(21(13-17)30-4)31-16(3)18-8-6-5-7-9-18/h5-13,15-16H,1-4H3,(H,26,28,29)/b19-12-. The highest BCUT2D eigenvalue weighted by atomic mass is 32.1. The zero-order valence-electron chi connectivity index (χ0n) is 18.3. The summed E-state index contributed by atoms with van der Waals surface area (Å²) in [6.45, 7) is 5.95. The fourth-order valence-corrected chi connectivity index (χ4v) is 3.59. The minimum absolute atomic E-state index is 0.0559. The van der Waals surface area contributed by atoms with Crippen LogP contribution >= 0.6 is 11.3 Å². The molecular formula is C24H24N4O3S. The van der Waals surface area contributed by atoms with Gasteiger partial charge in [-0.3, -0.25) is 10.1 Å². The molecule has 8 heteroatoms. The monoisotopic (exact) mass is 448 g/mol. The Morgan fingerprint density at radius 3 is 2.50 bits per heavy atom. The number of benzene rings is 2. The van der Waals surface area contributed by atoms with E-state index in [4.69, 9.17) is 9.47 Å². The quantitative estimate of drug-likeness (QED) is 0.368. The van der Waals surface area contributed by atoms with Gasteiger partial charge in [0.25, 0.3) is 5.91 Å². The normalized spacial score (nSPS) is 12.2. The molecule has 32 heavy (non-hydrogen) atoms. The van der Waals surface area contributed by atoms with Gasteiger partial charge in [0.2, 0.25) is 5.13 Å². The number of methoxy groups -OCH3 is 1. The van der Waals surface area contributed by atoms with Gasteiger partial charge in [-0.2, -0.15) is 5.26 Å². The van der Waals surface area contributed by atoms with Crippen LogP contribution in [0.1, 0.15) is 48.9 Å². The lowest BCUT2D eigenvalue weighted by atomic mass is 10.1. The fourth-order valence-electron chi connectivity index (χ4n) is 2.85. The number of hydrogen-bond acceptors (Lipinski definition) is 7. The van der Waals surface area contributed by atoms with Crippen molar-refractivity contribution in [3.05, 3.63) is 70.2 Å². The van der Waals surface area contributed by atoms with Gasteiger partial charge in [0.05, 0.1) is 7.11 Å². The molecular weight excluding hydrogens is 424 g/mol. The molecule has 3 rings (SSSR count). The first-order valence-corrected chi connectivity index (χ1v) is 10.9. The van der Waals surface area contributed by atoms with Crippen LogP contribution in [0.2, 0.25) is 0 Å². The number of nitrogens with zero attached hydrogens (tertiary/aromatic N) is 3. The largest absolute Gasteiger partial charge is 0.493 e. The van der Waals surface area contributed by atoms with Gasteiger partial charge in [-0.05, 0) is 36.3 Å². The van der Waals surface area contributed by atoms with Crippen LogP contribution < -0.4 is 14.8 Å². The van der Waals surface area contributed by atoms with Gasteiger partial charge in [0.15, 0.2) is 11.5 Å². The molecule has 0 saturated heterocycles. The van der Waals surface area contributed by atoms with Gasteiger partial charge in [-0.25, -0.2) is 0 Å². The van der Waals surface area contributed by atoms with Crippen LogP contribution in [-0.2, 0) is 4.79 Å². The van der Waals surface area contributed by atoms with Crippen LogP contribution in [0, 0.1) is 11.3 Å². The number of carbonyl (C=O) groups is 1. The molecule has 0 bridgehead atoms. The topological polar surface area (TPSA) is 97.1 Å². The molecule has 3 aromatic rings. The predicted molar refractivity (Wildman–Crippen MR) is 125 cm³/mol. The first-order chi connectivity index (χ1) is 15.4. The molecule has 0 saturated carbocycles. The van der Waals surface area contributed by atoms with Crippen molar-refractivity contribution in [1.29, 1.82) is 5.26 Å². The van der Waals surface area contributed by atoms with Gasteiger partial charge < -0.3 is 9.47 Å². The maximum Gasteiger partial charge on any atom is 0.268 e. The van der Waals surface area contributed by atoms with E-state index in [0.29, 0.717) is 22.2 Å². The van der Waals surface area contributed by atoms with Crippen molar-refractivity contribution in [2.45, 2.75) is 32.8 Å². The lowest BCUT2D eigenvalue weighted by Gasteiger charge is -2.17. The number of ether oxygens (including phenoxy) is 2. The SMILES string of the molecule is COc1cc(/C=C(/C#N)C(=O)Nc2nnc(C(C)C)s2)ccc1OC(C)c1ccccc1. The molecule has 1 N–H and O–H groups in total. The molecule has 0 spiro atoms. The Hall–Kier alpha value is -3.70. The molecule has 0 aliphatic rings. The Balaban J connectivity index is 1.77. The van der Waals surface area contributed by atoms with Crippen LogP contribution in [0.5, 0.6) is 11.5 Å². The van der Waals surface area contributed by atoms with E-state index in [0.717, 1.165) is 10.6 Å². The summed E-state index contributed by atoms with van der Waals surface area (Å²) in [6.07, 6.45) is 1.32. The molecule has 2 aromatic carbocycles. The second-order valence-corrected chi connectivity index (χ2v) is 8.31. The average Bonchev–Trinajstić information content (AvgIpc) is 3.27. The van der Waals surface area contributed by atoms with Crippen molar-refractivity contribution in [3.8, 4) is 17.6 Å². The number of nitriles is 1. The van der Waals surface area contributed by atoms with Crippen molar-refractivity contribution in [2.75, 3.05) is 12.4 Å². The molecule has 0 aliphatic carbocycles. The minimum atomic E-state index is -0.545. The summed E-state index contributed by atoms with van der Waals surface area (Å²) in [5.41, 5.74) is 1.62. The predicted octanol–water partition coefficient (Wildman–Crippen LogP) is 5.36. The van der Waals surface area contributed by atoms with Crippen LogP contribution in [0.15, 0.2) is 54.1 Å². The van der Waals surface area contributed by atoms with E-state index >= 15 is 0 Å². The van der Waals surface area contributed by atoms with E-state index in [9.17, 15) is 10.1 Å².